The highest BCUT2D eigenvalue weighted by Crippen LogP contribution is 2.25. The van der Waals surface area contributed by atoms with E-state index >= 15 is 0 Å². The summed E-state index contributed by atoms with van der Waals surface area (Å²) < 4.78 is 0.579. The summed E-state index contributed by atoms with van der Waals surface area (Å²) in [5.41, 5.74) is 0.987. The van der Waals surface area contributed by atoms with Crippen LogP contribution in [0.3, 0.4) is 0 Å². The van der Waals surface area contributed by atoms with Crippen molar-refractivity contribution in [2.75, 3.05) is 18.4 Å². The van der Waals surface area contributed by atoms with E-state index in [1.54, 1.807) is 12.1 Å². The van der Waals surface area contributed by atoms with E-state index in [4.69, 9.17) is 11.6 Å². The van der Waals surface area contributed by atoms with E-state index in [0.29, 0.717) is 26.2 Å². The lowest BCUT2D eigenvalue weighted by Crippen LogP contribution is -2.38. The van der Waals surface area contributed by atoms with Crippen molar-refractivity contribution in [2.24, 2.45) is 11.8 Å². The maximum atomic E-state index is 12.1. The minimum atomic E-state index is -0.188. The molecule has 1 fully saturated rings. The molecule has 3 heterocycles. The number of carbonyl (C=O) groups excluding carboxylic acids is 2. The smallest absolute Gasteiger partial charge is 0.226 e. The van der Waals surface area contributed by atoms with Crippen LogP contribution in [0.2, 0.25) is 4.34 Å². The Kier molecular flexibility index (Phi) is 7.03. The number of nitrogens with one attached hydrogen (secondary N) is 1. The molecule has 0 aliphatic carbocycles. The molecular formula is C19H24ClN3O2S2. The third-order valence-corrected chi connectivity index (χ3v) is 6.63. The second kappa shape index (κ2) is 9.28. The summed E-state index contributed by atoms with van der Waals surface area (Å²) in [6, 6.07) is 3.39. The van der Waals surface area contributed by atoms with Gasteiger partial charge in [-0.25, -0.2) is 4.98 Å². The summed E-state index contributed by atoms with van der Waals surface area (Å²) in [4.78, 5) is 31.7. The highest BCUT2D eigenvalue weighted by atomic mass is 35.5. The summed E-state index contributed by atoms with van der Waals surface area (Å²) in [6.45, 7) is 7.59. The molecule has 2 aromatic heterocycles. The number of halogens is 1. The molecule has 3 rings (SSSR count). The first-order valence-electron chi connectivity index (χ1n) is 9.14. The minimum Gasteiger partial charge on any atom is -0.302 e. The van der Waals surface area contributed by atoms with E-state index in [1.165, 1.54) is 29.1 Å². The number of aromatic nitrogens is 1. The van der Waals surface area contributed by atoms with Crippen LogP contribution in [0.15, 0.2) is 17.5 Å². The number of carbonyl (C=O) groups is 2. The third kappa shape index (κ3) is 6.10. The lowest BCUT2D eigenvalue weighted by atomic mass is 9.92. The molecule has 1 saturated heterocycles. The summed E-state index contributed by atoms with van der Waals surface area (Å²) in [5.74, 6) is 1.17. The molecular weight excluding hydrogens is 402 g/mol. The van der Waals surface area contributed by atoms with Crippen LogP contribution < -0.4 is 5.32 Å². The molecule has 1 N–H and O–H groups in total. The van der Waals surface area contributed by atoms with Gasteiger partial charge in [0, 0.05) is 37.9 Å². The predicted octanol–water partition coefficient (Wildman–Crippen LogP) is 4.94. The Labute approximate surface area is 172 Å². The first-order valence-corrected chi connectivity index (χ1v) is 11.2. The lowest BCUT2D eigenvalue weighted by Gasteiger charge is -2.34. The van der Waals surface area contributed by atoms with Gasteiger partial charge >= 0.3 is 0 Å². The van der Waals surface area contributed by atoms with Gasteiger partial charge in [-0.05, 0) is 30.4 Å². The summed E-state index contributed by atoms with van der Waals surface area (Å²) >= 11 is 8.51. The Hall–Kier alpha value is -1.28. The molecule has 0 saturated carbocycles. The first-order chi connectivity index (χ1) is 12.9. The number of Topliss-reactive ketones (excluding diaryl/α,β-unsaturated/α-hetero) is 1. The molecule has 8 heteroatoms. The largest absolute Gasteiger partial charge is 0.302 e. The molecule has 2 atom stereocenters. The second-order valence-corrected chi connectivity index (χ2v) is 9.93. The zero-order valence-electron chi connectivity index (χ0n) is 15.5. The van der Waals surface area contributed by atoms with Crippen molar-refractivity contribution < 1.29 is 9.59 Å². The van der Waals surface area contributed by atoms with E-state index in [2.05, 4.69) is 29.0 Å². The average Bonchev–Trinajstić information content (AvgIpc) is 3.21. The number of nitrogens with zero attached hydrogens (tertiary/aromatic N) is 2. The van der Waals surface area contributed by atoms with Crippen LogP contribution in [0.25, 0.3) is 0 Å². The van der Waals surface area contributed by atoms with Crippen LogP contribution in [-0.4, -0.2) is 34.7 Å². The standard InChI is InChI=1S/C19H24ClN3O2S2/c1-12-7-13(2)9-23(8-12)10-14-11-26-19(21-14)22-18(25)6-3-15(24)16-4-5-17(20)27-16/h4-5,11-13H,3,6-10H2,1-2H3,(H,21,22,25). The Morgan fingerprint density at radius 1 is 1.26 bits per heavy atom. The fraction of sp³-hybridized carbons (Fsp3) is 0.526. The number of amides is 1. The van der Waals surface area contributed by atoms with Crippen molar-refractivity contribution in [3.63, 3.8) is 0 Å². The van der Waals surface area contributed by atoms with Gasteiger partial charge in [-0.1, -0.05) is 25.4 Å². The molecule has 1 amide bonds. The van der Waals surface area contributed by atoms with Crippen molar-refractivity contribution in [3.05, 3.63) is 32.4 Å². The summed E-state index contributed by atoms with van der Waals surface area (Å²) in [5, 5.41) is 5.40. The van der Waals surface area contributed by atoms with E-state index in [0.717, 1.165) is 25.3 Å². The molecule has 1 aliphatic heterocycles. The summed E-state index contributed by atoms with van der Waals surface area (Å²) in [7, 11) is 0. The van der Waals surface area contributed by atoms with Gasteiger partial charge in [-0.3, -0.25) is 14.5 Å². The van der Waals surface area contributed by atoms with Crippen molar-refractivity contribution in [2.45, 2.75) is 39.7 Å². The van der Waals surface area contributed by atoms with Crippen molar-refractivity contribution in [1.29, 1.82) is 0 Å². The van der Waals surface area contributed by atoms with Crippen LogP contribution in [0, 0.1) is 11.8 Å². The number of ketones is 1. The van der Waals surface area contributed by atoms with E-state index in [-0.39, 0.29) is 24.5 Å². The number of piperidine rings is 1. The van der Waals surface area contributed by atoms with Crippen molar-refractivity contribution in [3.8, 4) is 0 Å². The van der Waals surface area contributed by atoms with Crippen LogP contribution in [0.4, 0.5) is 5.13 Å². The van der Waals surface area contributed by atoms with Gasteiger partial charge in [-0.15, -0.1) is 22.7 Å². The van der Waals surface area contributed by atoms with Crippen LogP contribution >= 0.6 is 34.3 Å². The quantitative estimate of drug-likeness (QED) is 0.638. The Morgan fingerprint density at radius 2 is 2.00 bits per heavy atom. The number of thiazole rings is 1. The Morgan fingerprint density at radius 3 is 2.67 bits per heavy atom. The number of anilines is 1. The fourth-order valence-corrected chi connectivity index (χ4v) is 5.31. The molecule has 0 spiro atoms. The van der Waals surface area contributed by atoms with Gasteiger partial charge in [0.2, 0.25) is 5.91 Å². The lowest BCUT2D eigenvalue weighted by molar-refractivity contribution is -0.116. The zero-order chi connectivity index (χ0) is 19.4. The van der Waals surface area contributed by atoms with Gasteiger partial charge < -0.3 is 5.32 Å². The van der Waals surface area contributed by atoms with E-state index in [1.807, 2.05) is 5.38 Å². The molecule has 27 heavy (non-hydrogen) atoms. The maximum absolute atomic E-state index is 12.1. The zero-order valence-corrected chi connectivity index (χ0v) is 17.9. The van der Waals surface area contributed by atoms with Crippen LogP contribution in [0.1, 0.15) is 48.5 Å². The van der Waals surface area contributed by atoms with Crippen molar-refractivity contribution in [1.82, 2.24) is 9.88 Å². The number of hydrogen-bond donors (Lipinski definition) is 1. The summed E-state index contributed by atoms with van der Waals surface area (Å²) in [6.07, 6.45) is 1.60. The maximum Gasteiger partial charge on any atom is 0.226 e. The number of likely N-dealkylation sites (tertiary alicyclic amines) is 1. The van der Waals surface area contributed by atoms with Gasteiger partial charge in [0.05, 0.1) is 14.9 Å². The van der Waals surface area contributed by atoms with Gasteiger partial charge in [-0.2, -0.15) is 0 Å². The fourth-order valence-electron chi connectivity index (χ4n) is 3.58. The number of rotatable bonds is 7. The molecule has 0 aromatic carbocycles. The molecule has 146 valence electrons. The highest BCUT2D eigenvalue weighted by Gasteiger charge is 2.22. The van der Waals surface area contributed by atoms with E-state index < -0.39 is 0 Å². The number of hydrogen-bond acceptors (Lipinski definition) is 6. The molecule has 2 aromatic rings. The Balaban J connectivity index is 1.45. The molecule has 5 nitrogen and oxygen atoms in total. The van der Waals surface area contributed by atoms with Crippen LogP contribution in [0.5, 0.6) is 0 Å². The normalized spacial score (nSPS) is 20.6. The Bertz CT molecular complexity index is 794. The van der Waals surface area contributed by atoms with Crippen molar-refractivity contribution >= 4 is 51.1 Å². The number of thiophene rings is 1. The van der Waals surface area contributed by atoms with Gasteiger partial charge in [0.15, 0.2) is 10.9 Å². The van der Waals surface area contributed by atoms with Crippen LogP contribution in [-0.2, 0) is 11.3 Å². The molecule has 0 bridgehead atoms. The predicted molar refractivity (Wildman–Crippen MR) is 112 cm³/mol. The van der Waals surface area contributed by atoms with E-state index in [9.17, 15) is 9.59 Å². The second-order valence-electron chi connectivity index (χ2n) is 7.36. The monoisotopic (exact) mass is 425 g/mol. The SMILES string of the molecule is CC1CC(C)CN(Cc2csc(NC(=O)CCC(=O)c3ccc(Cl)s3)n2)C1. The molecule has 0 radical (unpaired) electrons. The third-order valence-electron chi connectivity index (χ3n) is 4.56. The topological polar surface area (TPSA) is 62.3 Å². The average molecular weight is 426 g/mol. The first kappa shape index (κ1) is 20.5. The van der Waals surface area contributed by atoms with Gasteiger partial charge in [0.1, 0.15) is 0 Å². The molecule has 2 unspecified atom stereocenters. The minimum absolute atomic E-state index is 0.0600. The van der Waals surface area contributed by atoms with Gasteiger partial charge in [0.25, 0.3) is 0 Å². The molecule has 1 aliphatic rings. The highest BCUT2D eigenvalue weighted by molar-refractivity contribution is 7.18.